The summed E-state index contributed by atoms with van der Waals surface area (Å²) in [5.41, 5.74) is 1.03. The number of rotatable bonds is 6. The van der Waals surface area contributed by atoms with Crippen LogP contribution in [-0.2, 0) is 11.2 Å². The van der Waals surface area contributed by atoms with E-state index in [9.17, 15) is 18.0 Å². The molecule has 0 unspecified atom stereocenters. The number of hydrogen-bond acceptors (Lipinski definition) is 2. The minimum atomic E-state index is -4.96. The van der Waals surface area contributed by atoms with Crippen LogP contribution < -0.4 is 4.74 Å². The zero-order valence-corrected chi connectivity index (χ0v) is 10.8. The maximum absolute atomic E-state index is 12.0. The molecule has 0 fully saturated rings. The van der Waals surface area contributed by atoms with E-state index >= 15 is 0 Å². The first-order valence-corrected chi connectivity index (χ1v) is 6.31. The van der Waals surface area contributed by atoms with Crippen LogP contribution in [0.3, 0.4) is 0 Å². The highest BCUT2D eigenvalue weighted by Gasteiger charge is 2.41. The topological polar surface area (TPSA) is 26.3 Å². The van der Waals surface area contributed by atoms with E-state index in [0.29, 0.717) is 0 Å². The number of esters is 1. The molecule has 0 amide bonds. The zero-order valence-electron chi connectivity index (χ0n) is 10.8. The number of unbranched alkanes of at least 4 members (excludes halogenated alkanes) is 3. The van der Waals surface area contributed by atoms with Crippen LogP contribution in [0.2, 0.25) is 0 Å². The molecule has 0 radical (unpaired) electrons. The molecule has 2 nitrogen and oxygen atoms in total. The van der Waals surface area contributed by atoms with E-state index in [2.05, 4.69) is 11.7 Å². The van der Waals surface area contributed by atoms with Crippen molar-refractivity contribution in [2.75, 3.05) is 0 Å². The van der Waals surface area contributed by atoms with Crippen LogP contribution >= 0.6 is 0 Å². The fourth-order valence-electron chi connectivity index (χ4n) is 1.64. The standard InChI is InChI=1S/C14H17F3O2/c1-2-3-4-5-6-11-7-9-12(10-8-11)19-13(18)14(15,16)17/h7-10H,2-6H2,1H3. The highest BCUT2D eigenvalue weighted by Crippen LogP contribution is 2.20. The van der Waals surface area contributed by atoms with E-state index in [4.69, 9.17) is 0 Å². The average molecular weight is 274 g/mol. The van der Waals surface area contributed by atoms with E-state index in [1.165, 1.54) is 18.6 Å². The third-order valence-corrected chi connectivity index (χ3v) is 2.68. The quantitative estimate of drug-likeness (QED) is 0.440. The van der Waals surface area contributed by atoms with Gasteiger partial charge in [0.1, 0.15) is 5.75 Å². The van der Waals surface area contributed by atoms with Crippen molar-refractivity contribution in [3.8, 4) is 5.75 Å². The van der Waals surface area contributed by atoms with Crippen molar-refractivity contribution in [2.24, 2.45) is 0 Å². The minimum absolute atomic E-state index is 0.0837. The van der Waals surface area contributed by atoms with E-state index < -0.39 is 12.1 Å². The molecule has 0 aromatic heterocycles. The van der Waals surface area contributed by atoms with Crippen molar-refractivity contribution in [1.29, 1.82) is 0 Å². The molecule has 0 spiro atoms. The monoisotopic (exact) mass is 274 g/mol. The molecular formula is C14H17F3O2. The molecule has 106 valence electrons. The number of carbonyl (C=O) groups excluding carboxylic acids is 1. The smallest absolute Gasteiger partial charge is 0.420 e. The maximum atomic E-state index is 12.0. The van der Waals surface area contributed by atoms with Gasteiger partial charge in [0.05, 0.1) is 0 Å². The average Bonchev–Trinajstić information content (AvgIpc) is 2.35. The van der Waals surface area contributed by atoms with Crippen LogP contribution in [0.25, 0.3) is 0 Å². The highest BCUT2D eigenvalue weighted by atomic mass is 19.4. The predicted molar refractivity (Wildman–Crippen MR) is 66.0 cm³/mol. The highest BCUT2D eigenvalue weighted by molar-refractivity contribution is 5.78. The van der Waals surface area contributed by atoms with Crippen LogP contribution in [0.15, 0.2) is 24.3 Å². The zero-order chi connectivity index (χ0) is 14.3. The Balaban J connectivity index is 2.45. The van der Waals surface area contributed by atoms with E-state index in [0.717, 1.165) is 31.2 Å². The number of alkyl halides is 3. The summed E-state index contributed by atoms with van der Waals surface area (Å²) in [6.45, 7) is 2.13. The summed E-state index contributed by atoms with van der Waals surface area (Å²) in [5, 5.41) is 0. The third-order valence-electron chi connectivity index (χ3n) is 2.68. The van der Waals surface area contributed by atoms with Crippen LogP contribution in [0.4, 0.5) is 13.2 Å². The molecule has 0 N–H and O–H groups in total. The Kier molecular flexibility index (Phi) is 5.86. The van der Waals surface area contributed by atoms with Gasteiger partial charge in [0.2, 0.25) is 0 Å². The molecule has 0 aliphatic heterocycles. The van der Waals surface area contributed by atoms with Crippen LogP contribution in [0, 0.1) is 0 Å². The molecular weight excluding hydrogens is 257 g/mol. The molecule has 0 aliphatic carbocycles. The number of halogens is 3. The first kappa shape index (κ1) is 15.5. The molecule has 19 heavy (non-hydrogen) atoms. The number of carbonyl (C=O) groups is 1. The molecule has 0 saturated carbocycles. The van der Waals surface area contributed by atoms with Gasteiger partial charge >= 0.3 is 12.1 Å². The molecule has 0 atom stereocenters. The second kappa shape index (κ2) is 7.16. The van der Waals surface area contributed by atoms with Gasteiger partial charge in [-0.25, -0.2) is 4.79 Å². The molecule has 1 aromatic carbocycles. The Morgan fingerprint density at radius 1 is 1.11 bits per heavy atom. The lowest BCUT2D eigenvalue weighted by Gasteiger charge is -2.07. The summed E-state index contributed by atoms with van der Waals surface area (Å²) < 4.78 is 40.1. The number of benzene rings is 1. The van der Waals surface area contributed by atoms with E-state index in [1.54, 1.807) is 12.1 Å². The van der Waals surface area contributed by atoms with Gasteiger partial charge < -0.3 is 4.74 Å². The van der Waals surface area contributed by atoms with Crippen molar-refractivity contribution >= 4 is 5.97 Å². The Labute approximate surface area is 110 Å². The first-order valence-electron chi connectivity index (χ1n) is 6.31. The van der Waals surface area contributed by atoms with Crippen LogP contribution in [-0.4, -0.2) is 12.1 Å². The molecule has 1 aromatic rings. The minimum Gasteiger partial charge on any atom is -0.420 e. The summed E-state index contributed by atoms with van der Waals surface area (Å²) in [4.78, 5) is 10.6. The maximum Gasteiger partial charge on any atom is 0.491 e. The molecule has 0 saturated heterocycles. The lowest BCUT2D eigenvalue weighted by molar-refractivity contribution is -0.189. The molecule has 0 heterocycles. The van der Waals surface area contributed by atoms with Gasteiger partial charge in [-0.1, -0.05) is 38.3 Å². The normalized spacial score (nSPS) is 11.4. The van der Waals surface area contributed by atoms with Gasteiger partial charge in [-0.2, -0.15) is 13.2 Å². The third kappa shape index (κ3) is 5.77. The number of hydrogen-bond donors (Lipinski definition) is 0. The number of ether oxygens (including phenoxy) is 1. The van der Waals surface area contributed by atoms with E-state index in [-0.39, 0.29) is 5.75 Å². The van der Waals surface area contributed by atoms with Crippen molar-refractivity contribution in [3.63, 3.8) is 0 Å². The summed E-state index contributed by atoms with van der Waals surface area (Å²) >= 11 is 0. The first-order chi connectivity index (χ1) is 8.93. The molecule has 1 rings (SSSR count). The molecule has 0 aliphatic rings. The lowest BCUT2D eigenvalue weighted by atomic mass is 10.1. The van der Waals surface area contributed by atoms with Gasteiger partial charge in [-0.15, -0.1) is 0 Å². The number of aryl methyl sites for hydroxylation is 1. The van der Waals surface area contributed by atoms with Crippen molar-refractivity contribution < 1.29 is 22.7 Å². The Morgan fingerprint density at radius 3 is 2.26 bits per heavy atom. The summed E-state index contributed by atoms with van der Waals surface area (Å²) in [7, 11) is 0. The predicted octanol–water partition coefficient (Wildman–Crippen LogP) is 4.28. The van der Waals surface area contributed by atoms with Crippen LogP contribution in [0.1, 0.15) is 38.2 Å². The summed E-state index contributed by atoms with van der Waals surface area (Å²) in [6.07, 6.45) is 0.455. The van der Waals surface area contributed by atoms with Gasteiger partial charge in [0.25, 0.3) is 0 Å². The fraction of sp³-hybridized carbons (Fsp3) is 0.500. The lowest BCUT2D eigenvalue weighted by Crippen LogP contribution is -2.27. The summed E-state index contributed by atoms with van der Waals surface area (Å²) in [5.74, 6) is -2.28. The van der Waals surface area contributed by atoms with Gasteiger partial charge in [-0.3, -0.25) is 0 Å². The Morgan fingerprint density at radius 2 is 1.74 bits per heavy atom. The molecule has 0 bridgehead atoms. The van der Waals surface area contributed by atoms with Crippen molar-refractivity contribution in [3.05, 3.63) is 29.8 Å². The van der Waals surface area contributed by atoms with Gasteiger partial charge in [0.15, 0.2) is 0 Å². The van der Waals surface area contributed by atoms with Crippen molar-refractivity contribution in [1.82, 2.24) is 0 Å². The van der Waals surface area contributed by atoms with Gasteiger partial charge in [0, 0.05) is 0 Å². The second-order valence-corrected chi connectivity index (χ2v) is 4.34. The van der Waals surface area contributed by atoms with Crippen molar-refractivity contribution in [2.45, 2.75) is 45.2 Å². The SMILES string of the molecule is CCCCCCc1ccc(OC(=O)C(F)(F)F)cc1. The van der Waals surface area contributed by atoms with Gasteiger partial charge in [-0.05, 0) is 30.5 Å². The Bertz CT molecular complexity index is 396. The van der Waals surface area contributed by atoms with E-state index in [1.807, 2.05) is 0 Å². The Hall–Kier alpha value is -1.52. The molecule has 5 heteroatoms. The second-order valence-electron chi connectivity index (χ2n) is 4.34. The van der Waals surface area contributed by atoms with Crippen LogP contribution in [0.5, 0.6) is 5.75 Å². The fourth-order valence-corrected chi connectivity index (χ4v) is 1.64. The summed E-state index contributed by atoms with van der Waals surface area (Å²) in [6, 6.07) is 6.15. The largest absolute Gasteiger partial charge is 0.491 e.